The number of ether oxygens (including phenoxy) is 3. The third-order valence-electron chi connectivity index (χ3n) is 6.01. The normalized spacial score (nSPS) is 40.5. The second-order valence-corrected chi connectivity index (χ2v) is 7.19. The Morgan fingerprint density at radius 3 is 2.08 bits per heavy atom. The Morgan fingerprint density at radius 1 is 0.769 bits per heavy atom. The van der Waals surface area contributed by atoms with Crippen LogP contribution >= 0.6 is 0 Å². The van der Waals surface area contributed by atoms with Crippen LogP contribution in [-0.2, 0) is 4.74 Å². The van der Waals surface area contributed by atoms with Gasteiger partial charge in [0, 0.05) is 6.08 Å². The van der Waals surface area contributed by atoms with E-state index in [1.54, 1.807) is 6.08 Å². The molecule has 2 aliphatic carbocycles. The topological polar surface area (TPSA) is 91.7 Å². The lowest BCUT2D eigenvalue weighted by Gasteiger charge is -2.46. The van der Waals surface area contributed by atoms with Crippen LogP contribution in [0.5, 0.6) is 11.5 Å². The van der Waals surface area contributed by atoms with Crippen LogP contribution < -0.4 is 9.47 Å². The van der Waals surface area contributed by atoms with Gasteiger partial charge in [-0.3, -0.25) is 0 Å². The van der Waals surface area contributed by atoms with Crippen LogP contribution in [0.4, 0.5) is 0 Å². The standard InChI is InChI=1S/C20H16O6/c21-14-7-8-16(23)20-18(10-9-15(22)19(14,20)26-20)24-12-5-1-3-11-4-2-6-13(25-18)17(11)12/h1-10,14-16,21-23H/t14-,15-,16+,19-,20-/m1/s1. The molecule has 132 valence electrons. The van der Waals surface area contributed by atoms with E-state index < -0.39 is 35.3 Å². The van der Waals surface area contributed by atoms with Crippen LogP contribution in [0, 0.1) is 0 Å². The van der Waals surface area contributed by atoms with Crippen molar-refractivity contribution < 1.29 is 29.5 Å². The zero-order chi connectivity index (χ0) is 17.7. The Morgan fingerprint density at radius 2 is 1.38 bits per heavy atom. The van der Waals surface area contributed by atoms with Crippen molar-refractivity contribution >= 4 is 10.8 Å². The number of aliphatic hydroxyl groups excluding tert-OH is 3. The quantitative estimate of drug-likeness (QED) is 0.485. The largest absolute Gasteiger partial charge is 0.445 e. The minimum absolute atomic E-state index is 0.598. The molecule has 0 aromatic heterocycles. The summed E-state index contributed by atoms with van der Waals surface area (Å²) in [6, 6.07) is 11.4. The Bertz CT molecular complexity index is 972. The highest BCUT2D eigenvalue weighted by molar-refractivity contribution is 5.94. The van der Waals surface area contributed by atoms with Gasteiger partial charge in [0.15, 0.2) is 5.60 Å². The van der Waals surface area contributed by atoms with Crippen LogP contribution in [0.2, 0.25) is 0 Å². The van der Waals surface area contributed by atoms with Gasteiger partial charge in [0.25, 0.3) is 0 Å². The highest BCUT2D eigenvalue weighted by Gasteiger charge is 2.91. The number of hydrogen-bond acceptors (Lipinski definition) is 6. The Kier molecular flexibility index (Phi) is 2.44. The van der Waals surface area contributed by atoms with Gasteiger partial charge >= 0.3 is 5.79 Å². The minimum atomic E-state index is -1.50. The summed E-state index contributed by atoms with van der Waals surface area (Å²) in [4.78, 5) is 0. The van der Waals surface area contributed by atoms with Crippen molar-refractivity contribution in [1.82, 2.24) is 0 Å². The van der Waals surface area contributed by atoms with E-state index in [9.17, 15) is 15.3 Å². The fraction of sp³-hybridized carbons (Fsp3) is 0.300. The molecule has 2 aliphatic heterocycles. The van der Waals surface area contributed by atoms with Crippen molar-refractivity contribution in [3.8, 4) is 11.5 Å². The molecule has 0 saturated carbocycles. The van der Waals surface area contributed by atoms with Crippen molar-refractivity contribution in [1.29, 1.82) is 0 Å². The van der Waals surface area contributed by atoms with Gasteiger partial charge in [-0.05, 0) is 23.6 Å². The number of aliphatic hydroxyl groups is 3. The lowest BCUT2D eigenvalue weighted by atomic mass is 9.68. The van der Waals surface area contributed by atoms with Crippen LogP contribution in [0.3, 0.4) is 0 Å². The summed E-state index contributed by atoms with van der Waals surface area (Å²) in [5.41, 5.74) is -2.85. The van der Waals surface area contributed by atoms with Gasteiger partial charge in [0.05, 0.1) is 5.39 Å². The van der Waals surface area contributed by atoms with Gasteiger partial charge in [-0.2, -0.15) is 0 Å². The molecule has 6 heteroatoms. The zero-order valence-electron chi connectivity index (χ0n) is 13.6. The SMILES string of the molecule is O[C@@H]1C=C[C@H](O)[C@]23O[C@@]12[C@H](O)C=CC31Oc2cccc3cccc(c23)O1. The van der Waals surface area contributed by atoms with Crippen molar-refractivity contribution in [3.05, 3.63) is 60.7 Å². The van der Waals surface area contributed by atoms with Crippen LogP contribution in [0.1, 0.15) is 0 Å². The molecule has 1 spiro atoms. The molecule has 5 atom stereocenters. The molecule has 26 heavy (non-hydrogen) atoms. The summed E-state index contributed by atoms with van der Waals surface area (Å²) in [7, 11) is 0. The molecular weight excluding hydrogens is 336 g/mol. The molecular formula is C20H16O6. The number of benzene rings is 2. The van der Waals surface area contributed by atoms with Crippen LogP contribution in [0.25, 0.3) is 10.8 Å². The number of epoxide rings is 1. The van der Waals surface area contributed by atoms with Gasteiger partial charge in [0.2, 0.25) is 5.60 Å². The van der Waals surface area contributed by atoms with E-state index in [1.165, 1.54) is 18.2 Å². The molecule has 1 fully saturated rings. The van der Waals surface area contributed by atoms with Crippen molar-refractivity contribution in [2.45, 2.75) is 35.3 Å². The fourth-order valence-electron chi connectivity index (χ4n) is 4.80. The minimum Gasteiger partial charge on any atom is -0.445 e. The van der Waals surface area contributed by atoms with E-state index in [4.69, 9.17) is 14.2 Å². The van der Waals surface area contributed by atoms with Gasteiger partial charge in [-0.1, -0.05) is 36.4 Å². The van der Waals surface area contributed by atoms with E-state index in [2.05, 4.69) is 0 Å². The maximum Gasteiger partial charge on any atom is 0.306 e. The summed E-state index contributed by atoms with van der Waals surface area (Å²) in [5.74, 6) is -0.305. The predicted molar refractivity (Wildman–Crippen MR) is 90.8 cm³/mol. The van der Waals surface area contributed by atoms with E-state index in [1.807, 2.05) is 36.4 Å². The monoisotopic (exact) mass is 352 g/mol. The third-order valence-corrected chi connectivity index (χ3v) is 6.01. The summed E-state index contributed by atoms with van der Waals surface area (Å²) in [6.45, 7) is 0. The van der Waals surface area contributed by atoms with Gasteiger partial charge in [-0.25, -0.2) is 0 Å². The van der Waals surface area contributed by atoms with E-state index in [0.29, 0.717) is 11.5 Å². The Labute approximate surface area is 148 Å². The maximum absolute atomic E-state index is 10.8. The van der Waals surface area contributed by atoms with Crippen molar-refractivity contribution in [2.24, 2.45) is 0 Å². The molecule has 0 amide bonds. The number of hydrogen-bond donors (Lipinski definition) is 3. The second-order valence-electron chi connectivity index (χ2n) is 7.19. The first-order valence-electron chi connectivity index (χ1n) is 8.56. The molecule has 4 aliphatic rings. The molecule has 2 heterocycles. The summed E-state index contributed by atoms with van der Waals surface area (Å²) >= 11 is 0. The molecule has 6 nitrogen and oxygen atoms in total. The highest BCUT2D eigenvalue weighted by atomic mass is 16.8. The first-order valence-corrected chi connectivity index (χ1v) is 8.56. The van der Waals surface area contributed by atoms with E-state index in [0.717, 1.165) is 10.8 Å². The molecule has 0 radical (unpaired) electrons. The molecule has 3 N–H and O–H groups in total. The molecule has 2 aromatic carbocycles. The Hall–Kier alpha value is -2.38. The first kappa shape index (κ1) is 14.8. The van der Waals surface area contributed by atoms with Gasteiger partial charge < -0.3 is 29.5 Å². The first-order chi connectivity index (χ1) is 12.5. The molecule has 1 saturated heterocycles. The maximum atomic E-state index is 10.8. The zero-order valence-corrected chi connectivity index (χ0v) is 13.6. The average molecular weight is 352 g/mol. The van der Waals surface area contributed by atoms with Crippen molar-refractivity contribution in [2.75, 3.05) is 0 Å². The lowest BCUT2D eigenvalue weighted by Crippen LogP contribution is -2.69. The van der Waals surface area contributed by atoms with Crippen LogP contribution in [0.15, 0.2) is 60.7 Å². The van der Waals surface area contributed by atoms with Gasteiger partial charge in [-0.15, -0.1) is 0 Å². The molecule has 0 bridgehead atoms. The van der Waals surface area contributed by atoms with Crippen molar-refractivity contribution in [3.63, 3.8) is 0 Å². The molecule has 2 aromatic rings. The molecule has 6 rings (SSSR count). The smallest absolute Gasteiger partial charge is 0.306 e. The van der Waals surface area contributed by atoms with E-state index >= 15 is 0 Å². The second kappa shape index (κ2) is 4.29. The predicted octanol–water partition coefficient (Wildman–Crippen LogP) is 1.04. The third kappa shape index (κ3) is 1.35. The molecule has 0 unspecified atom stereocenters. The highest BCUT2D eigenvalue weighted by Crippen LogP contribution is 2.67. The summed E-state index contributed by atoms with van der Waals surface area (Å²) in [6.07, 6.45) is 2.66. The summed E-state index contributed by atoms with van der Waals surface area (Å²) in [5, 5.41) is 33.6. The fourth-order valence-corrected chi connectivity index (χ4v) is 4.80. The van der Waals surface area contributed by atoms with Crippen LogP contribution in [-0.4, -0.2) is 50.6 Å². The average Bonchev–Trinajstić information content (AvgIpc) is 3.39. The number of rotatable bonds is 0. The lowest BCUT2D eigenvalue weighted by molar-refractivity contribution is -0.162. The van der Waals surface area contributed by atoms with E-state index in [-0.39, 0.29) is 0 Å². The summed E-state index contributed by atoms with van der Waals surface area (Å²) < 4.78 is 18.4. The van der Waals surface area contributed by atoms with Gasteiger partial charge in [0.1, 0.15) is 29.8 Å². The Balaban J connectivity index is 1.60.